The van der Waals surface area contributed by atoms with E-state index in [4.69, 9.17) is 5.73 Å². The number of nitrogens with two attached hydrogens (primary N) is 1. The van der Waals surface area contributed by atoms with Crippen molar-refractivity contribution in [2.24, 2.45) is 0 Å². The van der Waals surface area contributed by atoms with Gasteiger partial charge in [0.15, 0.2) is 0 Å². The lowest BCUT2D eigenvalue weighted by molar-refractivity contribution is -0.113. The van der Waals surface area contributed by atoms with Crippen LogP contribution in [0, 0.1) is 0 Å². The number of nitrogens with zero attached hydrogens (tertiary/aromatic N) is 3. The van der Waals surface area contributed by atoms with Gasteiger partial charge in [-0.25, -0.2) is 0 Å². The first-order chi connectivity index (χ1) is 13.5. The van der Waals surface area contributed by atoms with Gasteiger partial charge in [-0.05, 0) is 47.1 Å². The van der Waals surface area contributed by atoms with Gasteiger partial charge in [0.1, 0.15) is 5.82 Å². The zero-order chi connectivity index (χ0) is 19.9. The van der Waals surface area contributed by atoms with Crippen LogP contribution < -0.4 is 16.4 Å². The number of nitrogens with one attached hydrogen (secondary N) is 2. The molecule has 3 aromatic rings. The molecule has 0 saturated carbocycles. The zero-order valence-electron chi connectivity index (χ0n) is 15.1. The van der Waals surface area contributed by atoms with Crippen LogP contribution in [0.25, 0.3) is 0 Å². The molecule has 1 amide bonds. The third kappa shape index (κ3) is 5.67. The fraction of sp³-hybridized carbons (Fsp3) is 0.158. The number of carbonyl (C=O) groups excluding carboxylic acids is 1. The SMILES string of the molecule is CC(SCC(=O)Nc1ccccc1Br)c1nc(N)nc(Nc2ccccc2)n1. The largest absolute Gasteiger partial charge is 0.368 e. The maximum atomic E-state index is 12.2. The molecule has 7 nitrogen and oxygen atoms in total. The van der Waals surface area contributed by atoms with Crippen molar-refractivity contribution in [3.8, 4) is 0 Å². The van der Waals surface area contributed by atoms with Gasteiger partial charge in [0.2, 0.25) is 17.8 Å². The van der Waals surface area contributed by atoms with Crippen LogP contribution in [0.15, 0.2) is 59.1 Å². The Labute approximate surface area is 175 Å². The van der Waals surface area contributed by atoms with Crippen LogP contribution in [-0.2, 0) is 4.79 Å². The Balaban J connectivity index is 1.61. The molecule has 4 N–H and O–H groups in total. The molecule has 0 radical (unpaired) electrons. The molecule has 3 rings (SSSR count). The lowest BCUT2D eigenvalue weighted by Crippen LogP contribution is -2.15. The summed E-state index contributed by atoms with van der Waals surface area (Å²) in [5.41, 5.74) is 7.42. The fourth-order valence-corrected chi connectivity index (χ4v) is 3.43. The van der Waals surface area contributed by atoms with Gasteiger partial charge in [-0.2, -0.15) is 15.0 Å². The summed E-state index contributed by atoms with van der Waals surface area (Å²) in [5, 5.41) is 5.85. The molecular weight excluding hydrogens is 440 g/mol. The van der Waals surface area contributed by atoms with E-state index in [2.05, 4.69) is 41.5 Å². The lowest BCUT2D eigenvalue weighted by atomic mass is 10.3. The number of halogens is 1. The van der Waals surface area contributed by atoms with Gasteiger partial charge in [-0.1, -0.05) is 30.3 Å². The number of nitrogen functional groups attached to an aromatic ring is 1. The van der Waals surface area contributed by atoms with Crippen molar-refractivity contribution in [1.82, 2.24) is 15.0 Å². The van der Waals surface area contributed by atoms with Crippen LogP contribution in [0.3, 0.4) is 0 Å². The Hall–Kier alpha value is -2.65. The van der Waals surface area contributed by atoms with Crippen molar-refractivity contribution in [1.29, 1.82) is 0 Å². The van der Waals surface area contributed by atoms with Crippen molar-refractivity contribution in [3.05, 3.63) is 64.9 Å². The maximum Gasteiger partial charge on any atom is 0.234 e. The Morgan fingerprint density at radius 2 is 1.82 bits per heavy atom. The molecule has 0 saturated heterocycles. The van der Waals surface area contributed by atoms with Gasteiger partial charge in [0.05, 0.1) is 16.7 Å². The minimum atomic E-state index is -0.133. The van der Waals surface area contributed by atoms with Gasteiger partial charge in [-0.15, -0.1) is 11.8 Å². The quantitative estimate of drug-likeness (QED) is 0.481. The van der Waals surface area contributed by atoms with E-state index in [1.165, 1.54) is 11.8 Å². The van der Waals surface area contributed by atoms with Gasteiger partial charge < -0.3 is 16.4 Å². The molecule has 0 fully saturated rings. The molecule has 1 unspecified atom stereocenters. The Bertz CT molecular complexity index is 956. The van der Waals surface area contributed by atoms with Gasteiger partial charge in [-0.3, -0.25) is 4.79 Å². The smallest absolute Gasteiger partial charge is 0.234 e. The topological polar surface area (TPSA) is 106 Å². The van der Waals surface area contributed by atoms with Crippen LogP contribution in [0.5, 0.6) is 0 Å². The molecular formula is C19H19BrN6OS. The molecule has 2 aromatic carbocycles. The molecule has 0 spiro atoms. The average molecular weight is 459 g/mol. The number of aromatic nitrogens is 3. The molecule has 1 aromatic heterocycles. The number of hydrogen-bond donors (Lipinski definition) is 3. The Morgan fingerprint density at radius 3 is 2.57 bits per heavy atom. The van der Waals surface area contributed by atoms with Gasteiger partial charge in [0, 0.05) is 10.2 Å². The lowest BCUT2D eigenvalue weighted by Gasteiger charge is -2.13. The summed E-state index contributed by atoms with van der Waals surface area (Å²) in [6.07, 6.45) is 0. The van der Waals surface area contributed by atoms with E-state index in [-0.39, 0.29) is 22.9 Å². The first-order valence-corrected chi connectivity index (χ1v) is 10.3. The Kier molecular flexibility index (Phi) is 6.83. The minimum absolute atomic E-state index is 0.103. The van der Waals surface area contributed by atoms with Crippen LogP contribution in [0.4, 0.5) is 23.3 Å². The summed E-state index contributed by atoms with van der Waals surface area (Å²) in [6.45, 7) is 1.93. The van der Waals surface area contributed by atoms with E-state index in [0.717, 1.165) is 15.8 Å². The molecule has 1 heterocycles. The zero-order valence-corrected chi connectivity index (χ0v) is 17.5. The molecule has 0 aliphatic carbocycles. The van der Waals surface area contributed by atoms with E-state index in [0.29, 0.717) is 11.8 Å². The molecule has 9 heteroatoms. The normalized spacial score (nSPS) is 11.6. The number of thioether (sulfide) groups is 1. The highest BCUT2D eigenvalue weighted by molar-refractivity contribution is 9.10. The van der Waals surface area contributed by atoms with Crippen LogP contribution in [0.1, 0.15) is 18.0 Å². The van der Waals surface area contributed by atoms with Crippen LogP contribution in [0.2, 0.25) is 0 Å². The van der Waals surface area contributed by atoms with Crippen molar-refractivity contribution >= 4 is 56.9 Å². The summed E-state index contributed by atoms with van der Waals surface area (Å²) in [7, 11) is 0. The molecule has 1 atom stereocenters. The van der Waals surface area contributed by atoms with E-state index in [1.807, 2.05) is 61.5 Å². The van der Waals surface area contributed by atoms with E-state index in [9.17, 15) is 4.79 Å². The summed E-state index contributed by atoms with van der Waals surface area (Å²) in [4.78, 5) is 25.0. The number of benzene rings is 2. The number of rotatable bonds is 7. The first-order valence-electron chi connectivity index (χ1n) is 8.51. The maximum absolute atomic E-state index is 12.2. The van der Waals surface area contributed by atoms with E-state index in [1.54, 1.807) is 0 Å². The van der Waals surface area contributed by atoms with Crippen LogP contribution >= 0.6 is 27.7 Å². The highest BCUT2D eigenvalue weighted by atomic mass is 79.9. The third-order valence-electron chi connectivity index (χ3n) is 3.68. The van der Waals surface area contributed by atoms with Gasteiger partial charge in [0.25, 0.3) is 0 Å². The first kappa shape index (κ1) is 20.1. The van der Waals surface area contributed by atoms with Crippen LogP contribution in [-0.4, -0.2) is 26.6 Å². The molecule has 0 bridgehead atoms. The predicted molar refractivity (Wildman–Crippen MR) is 118 cm³/mol. The molecule has 28 heavy (non-hydrogen) atoms. The monoisotopic (exact) mass is 458 g/mol. The van der Waals surface area contributed by atoms with E-state index < -0.39 is 0 Å². The highest BCUT2D eigenvalue weighted by Gasteiger charge is 2.15. The predicted octanol–water partition coefficient (Wildman–Crippen LogP) is 4.39. The average Bonchev–Trinajstić information content (AvgIpc) is 2.68. The number of carbonyl (C=O) groups is 1. The summed E-state index contributed by atoms with van der Waals surface area (Å²) in [6, 6.07) is 17.0. The number of para-hydroxylation sites is 2. The molecule has 0 aliphatic rings. The summed E-state index contributed by atoms with van der Waals surface area (Å²) in [5.74, 6) is 1.18. The van der Waals surface area contributed by atoms with Crippen molar-refractivity contribution in [3.63, 3.8) is 0 Å². The number of hydrogen-bond acceptors (Lipinski definition) is 7. The minimum Gasteiger partial charge on any atom is -0.368 e. The summed E-state index contributed by atoms with van der Waals surface area (Å²) >= 11 is 4.84. The second kappa shape index (κ2) is 9.52. The standard InChI is InChI=1S/C19H19BrN6OS/c1-12(28-11-16(27)23-15-10-6-5-9-14(15)20)17-24-18(21)26-19(25-17)22-13-7-3-2-4-8-13/h2-10,12H,11H2,1H3,(H,23,27)(H3,21,22,24,25,26). The molecule has 0 aliphatic heterocycles. The highest BCUT2D eigenvalue weighted by Crippen LogP contribution is 2.27. The number of amides is 1. The van der Waals surface area contributed by atoms with Gasteiger partial charge >= 0.3 is 0 Å². The Morgan fingerprint density at radius 1 is 1.11 bits per heavy atom. The molecule has 144 valence electrons. The van der Waals surface area contributed by atoms with Crippen molar-refractivity contribution in [2.75, 3.05) is 22.1 Å². The van der Waals surface area contributed by atoms with E-state index >= 15 is 0 Å². The van der Waals surface area contributed by atoms with Crippen molar-refractivity contribution in [2.45, 2.75) is 12.2 Å². The fourth-order valence-electron chi connectivity index (χ4n) is 2.32. The van der Waals surface area contributed by atoms with Crippen molar-refractivity contribution < 1.29 is 4.79 Å². The summed E-state index contributed by atoms with van der Waals surface area (Å²) < 4.78 is 0.836. The number of anilines is 4. The second-order valence-corrected chi connectivity index (χ2v) is 8.03. The second-order valence-electron chi connectivity index (χ2n) is 5.85. The third-order valence-corrected chi connectivity index (χ3v) is 5.51.